The first-order valence-electron chi connectivity index (χ1n) is 5.39. The fourth-order valence-electron chi connectivity index (χ4n) is 1.76. The molecule has 0 amide bonds. The molecule has 0 radical (unpaired) electrons. The summed E-state index contributed by atoms with van der Waals surface area (Å²) in [5.74, 6) is 0.620. The van der Waals surface area contributed by atoms with Crippen molar-refractivity contribution in [2.75, 3.05) is 19.8 Å². The standard InChI is InChI=1S/C11H17NO3/c13-10(11-2-1-5-15-11)8-12-9-3-6-14-7-4-9/h1-2,5,9-10,12-13H,3-4,6-8H2. The summed E-state index contributed by atoms with van der Waals surface area (Å²) in [6.07, 6.45) is 3.06. The van der Waals surface area contributed by atoms with Crippen LogP contribution < -0.4 is 5.32 Å². The average Bonchev–Trinajstić information content (AvgIpc) is 2.81. The van der Waals surface area contributed by atoms with Crippen molar-refractivity contribution in [3.05, 3.63) is 24.2 Å². The molecule has 1 aromatic rings. The maximum absolute atomic E-state index is 9.75. The highest BCUT2D eigenvalue weighted by molar-refractivity contribution is 5.02. The summed E-state index contributed by atoms with van der Waals surface area (Å²) in [5.41, 5.74) is 0. The van der Waals surface area contributed by atoms with E-state index in [4.69, 9.17) is 9.15 Å². The largest absolute Gasteiger partial charge is 0.467 e. The van der Waals surface area contributed by atoms with E-state index in [-0.39, 0.29) is 0 Å². The molecular formula is C11H17NO3. The van der Waals surface area contributed by atoms with Crippen LogP contribution >= 0.6 is 0 Å². The van der Waals surface area contributed by atoms with E-state index in [1.807, 2.05) is 0 Å². The molecule has 4 heteroatoms. The van der Waals surface area contributed by atoms with Gasteiger partial charge in [0.25, 0.3) is 0 Å². The summed E-state index contributed by atoms with van der Waals surface area (Å²) in [5, 5.41) is 13.1. The molecule has 0 spiro atoms. The van der Waals surface area contributed by atoms with Crippen molar-refractivity contribution >= 4 is 0 Å². The van der Waals surface area contributed by atoms with Gasteiger partial charge in [-0.05, 0) is 25.0 Å². The van der Waals surface area contributed by atoms with Crippen LogP contribution in [0, 0.1) is 0 Å². The highest BCUT2D eigenvalue weighted by atomic mass is 16.5. The second-order valence-corrected chi connectivity index (χ2v) is 3.83. The molecule has 15 heavy (non-hydrogen) atoms. The van der Waals surface area contributed by atoms with Crippen LogP contribution in [0.1, 0.15) is 24.7 Å². The van der Waals surface area contributed by atoms with Crippen LogP contribution in [0.5, 0.6) is 0 Å². The van der Waals surface area contributed by atoms with Crippen LogP contribution in [-0.2, 0) is 4.74 Å². The number of rotatable bonds is 4. The van der Waals surface area contributed by atoms with Crippen molar-refractivity contribution in [3.8, 4) is 0 Å². The van der Waals surface area contributed by atoms with Gasteiger partial charge in [-0.25, -0.2) is 0 Å². The summed E-state index contributed by atoms with van der Waals surface area (Å²) >= 11 is 0. The predicted octanol–water partition coefficient (Wildman–Crippen LogP) is 1.08. The maximum atomic E-state index is 9.75. The third-order valence-electron chi connectivity index (χ3n) is 2.69. The lowest BCUT2D eigenvalue weighted by molar-refractivity contribution is 0.0705. The molecule has 0 aromatic carbocycles. The molecule has 2 N–H and O–H groups in total. The second-order valence-electron chi connectivity index (χ2n) is 3.83. The van der Waals surface area contributed by atoms with E-state index in [0.29, 0.717) is 18.3 Å². The number of nitrogens with one attached hydrogen (secondary N) is 1. The number of aliphatic hydroxyl groups is 1. The summed E-state index contributed by atoms with van der Waals surface area (Å²) in [6.45, 7) is 2.17. The minimum absolute atomic E-state index is 0.461. The molecule has 1 saturated heterocycles. The van der Waals surface area contributed by atoms with E-state index >= 15 is 0 Å². The Balaban J connectivity index is 1.73. The molecule has 1 atom stereocenters. The molecule has 4 nitrogen and oxygen atoms in total. The highest BCUT2D eigenvalue weighted by Gasteiger charge is 2.16. The van der Waals surface area contributed by atoms with Crippen molar-refractivity contribution in [2.45, 2.75) is 25.0 Å². The third-order valence-corrected chi connectivity index (χ3v) is 2.69. The van der Waals surface area contributed by atoms with Crippen LogP contribution in [0.3, 0.4) is 0 Å². The number of hydrogen-bond acceptors (Lipinski definition) is 4. The van der Waals surface area contributed by atoms with E-state index in [1.54, 1.807) is 18.4 Å². The lowest BCUT2D eigenvalue weighted by Crippen LogP contribution is -2.37. The molecule has 84 valence electrons. The molecule has 2 heterocycles. The number of aliphatic hydroxyl groups excluding tert-OH is 1. The molecule has 1 unspecified atom stereocenters. The summed E-state index contributed by atoms with van der Waals surface area (Å²) in [4.78, 5) is 0. The number of ether oxygens (including phenoxy) is 1. The summed E-state index contributed by atoms with van der Waals surface area (Å²) < 4.78 is 10.4. The van der Waals surface area contributed by atoms with E-state index in [1.165, 1.54) is 0 Å². The van der Waals surface area contributed by atoms with Gasteiger partial charge in [-0.1, -0.05) is 0 Å². The van der Waals surface area contributed by atoms with Gasteiger partial charge in [0.15, 0.2) is 0 Å². The van der Waals surface area contributed by atoms with Gasteiger partial charge in [0, 0.05) is 25.8 Å². The first-order chi connectivity index (χ1) is 7.36. The summed E-state index contributed by atoms with van der Waals surface area (Å²) in [6, 6.07) is 4.03. The molecule has 2 rings (SSSR count). The molecule has 1 aliphatic rings. The van der Waals surface area contributed by atoms with Crippen LogP contribution in [0.15, 0.2) is 22.8 Å². The lowest BCUT2D eigenvalue weighted by atomic mass is 10.1. The van der Waals surface area contributed by atoms with Gasteiger partial charge >= 0.3 is 0 Å². The predicted molar refractivity (Wildman–Crippen MR) is 55.5 cm³/mol. The zero-order valence-electron chi connectivity index (χ0n) is 8.69. The average molecular weight is 211 g/mol. The molecule has 0 bridgehead atoms. The third kappa shape index (κ3) is 3.06. The van der Waals surface area contributed by atoms with E-state index in [2.05, 4.69) is 5.32 Å². The van der Waals surface area contributed by atoms with Gasteiger partial charge < -0.3 is 19.6 Å². The Bertz CT molecular complexity index is 267. The smallest absolute Gasteiger partial charge is 0.133 e. The Morgan fingerprint density at radius 1 is 1.47 bits per heavy atom. The normalized spacial score (nSPS) is 20.3. The van der Waals surface area contributed by atoms with Gasteiger partial charge in [0.05, 0.1) is 6.26 Å². The molecule has 1 fully saturated rings. The van der Waals surface area contributed by atoms with Gasteiger partial charge in [0.1, 0.15) is 11.9 Å². The zero-order chi connectivity index (χ0) is 10.5. The van der Waals surface area contributed by atoms with Crippen molar-refractivity contribution in [2.24, 2.45) is 0 Å². The Kier molecular flexibility index (Phi) is 3.77. The fraction of sp³-hybridized carbons (Fsp3) is 0.636. The fourth-order valence-corrected chi connectivity index (χ4v) is 1.76. The van der Waals surface area contributed by atoms with Crippen LogP contribution in [0.25, 0.3) is 0 Å². The van der Waals surface area contributed by atoms with Crippen LogP contribution in [0.2, 0.25) is 0 Å². The molecular weight excluding hydrogens is 194 g/mol. The van der Waals surface area contributed by atoms with Gasteiger partial charge in [0.2, 0.25) is 0 Å². The van der Waals surface area contributed by atoms with Gasteiger partial charge in [-0.15, -0.1) is 0 Å². The zero-order valence-corrected chi connectivity index (χ0v) is 8.69. The molecule has 0 saturated carbocycles. The first-order valence-corrected chi connectivity index (χ1v) is 5.39. The van der Waals surface area contributed by atoms with Crippen LogP contribution in [-0.4, -0.2) is 30.9 Å². The van der Waals surface area contributed by atoms with E-state index in [9.17, 15) is 5.11 Å². The summed E-state index contributed by atoms with van der Waals surface area (Å²) in [7, 11) is 0. The van der Waals surface area contributed by atoms with Gasteiger partial charge in [-0.2, -0.15) is 0 Å². The Labute approximate surface area is 89.2 Å². The van der Waals surface area contributed by atoms with Crippen molar-refractivity contribution in [1.29, 1.82) is 0 Å². The Morgan fingerprint density at radius 3 is 2.93 bits per heavy atom. The lowest BCUT2D eigenvalue weighted by Gasteiger charge is -2.24. The Morgan fingerprint density at radius 2 is 2.27 bits per heavy atom. The topological polar surface area (TPSA) is 54.6 Å². The first kappa shape index (κ1) is 10.7. The Hall–Kier alpha value is -0.840. The van der Waals surface area contributed by atoms with E-state index < -0.39 is 6.10 Å². The minimum atomic E-state index is -0.553. The van der Waals surface area contributed by atoms with Crippen LogP contribution in [0.4, 0.5) is 0 Å². The molecule has 1 aliphatic heterocycles. The van der Waals surface area contributed by atoms with Crippen molar-refractivity contribution < 1.29 is 14.3 Å². The minimum Gasteiger partial charge on any atom is -0.467 e. The quantitative estimate of drug-likeness (QED) is 0.782. The number of hydrogen-bond donors (Lipinski definition) is 2. The van der Waals surface area contributed by atoms with Gasteiger partial charge in [-0.3, -0.25) is 0 Å². The second kappa shape index (κ2) is 5.30. The maximum Gasteiger partial charge on any atom is 0.133 e. The highest BCUT2D eigenvalue weighted by Crippen LogP contribution is 2.13. The molecule has 0 aliphatic carbocycles. The van der Waals surface area contributed by atoms with Crippen molar-refractivity contribution in [1.82, 2.24) is 5.32 Å². The molecule has 1 aromatic heterocycles. The number of furan rings is 1. The van der Waals surface area contributed by atoms with E-state index in [0.717, 1.165) is 26.1 Å². The SMILES string of the molecule is OC(CNC1CCOCC1)c1ccco1. The monoisotopic (exact) mass is 211 g/mol. The van der Waals surface area contributed by atoms with Crippen molar-refractivity contribution in [3.63, 3.8) is 0 Å².